The summed E-state index contributed by atoms with van der Waals surface area (Å²) in [5, 5.41) is 2.49. The van der Waals surface area contributed by atoms with Gasteiger partial charge in [-0.2, -0.15) is 0 Å². The zero-order valence-electron chi connectivity index (χ0n) is 17.1. The predicted octanol–water partition coefficient (Wildman–Crippen LogP) is 4.15. The summed E-state index contributed by atoms with van der Waals surface area (Å²) in [6.45, 7) is 4.69. The Morgan fingerprint density at radius 3 is 2.42 bits per heavy atom. The molecule has 3 rings (SSSR count). The number of hydrogen-bond donors (Lipinski definition) is 1. The minimum absolute atomic E-state index is 0.0783. The summed E-state index contributed by atoms with van der Waals surface area (Å²) in [6, 6.07) is 9.37. The average molecular weight is 429 g/mol. The number of hydrogen-bond acceptors (Lipinski definition) is 7. The Hall–Kier alpha value is -3.88. The van der Waals surface area contributed by atoms with E-state index in [4.69, 9.17) is 18.6 Å². The number of fused-ring (bicyclic) bond motifs is 1. The van der Waals surface area contributed by atoms with E-state index in [1.165, 1.54) is 42.5 Å². The highest BCUT2D eigenvalue weighted by Gasteiger charge is 2.17. The highest BCUT2D eigenvalue weighted by molar-refractivity contribution is 5.82. The molecule has 31 heavy (non-hydrogen) atoms. The molecule has 1 amide bonds. The maximum Gasteiger partial charge on any atom is 0.408 e. The summed E-state index contributed by atoms with van der Waals surface area (Å²) in [4.78, 5) is 36.1. The molecule has 0 atom stereocenters. The predicted molar refractivity (Wildman–Crippen MR) is 109 cm³/mol. The number of ether oxygens (including phenoxy) is 3. The molecule has 1 heterocycles. The number of carbonyl (C=O) groups excluding carboxylic acids is 2. The van der Waals surface area contributed by atoms with E-state index < -0.39 is 35.5 Å². The van der Waals surface area contributed by atoms with Crippen molar-refractivity contribution < 1.29 is 32.6 Å². The number of amides is 1. The lowest BCUT2D eigenvalue weighted by Gasteiger charge is -2.19. The van der Waals surface area contributed by atoms with Gasteiger partial charge in [0.25, 0.3) is 0 Å². The first-order valence-electron chi connectivity index (χ1n) is 9.27. The molecule has 3 aromatic rings. The van der Waals surface area contributed by atoms with Crippen LogP contribution < -0.4 is 20.2 Å². The highest BCUT2D eigenvalue weighted by Crippen LogP contribution is 2.24. The molecular weight excluding hydrogens is 409 g/mol. The van der Waals surface area contributed by atoms with E-state index >= 15 is 0 Å². The van der Waals surface area contributed by atoms with Gasteiger partial charge in [-0.25, -0.2) is 14.0 Å². The zero-order valence-corrected chi connectivity index (χ0v) is 17.1. The molecule has 0 unspecified atom stereocenters. The van der Waals surface area contributed by atoms with E-state index in [9.17, 15) is 18.8 Å². The Bertz CT molecular complexity index is 1160. The maximum absolute atomic E-state index is 13.0. The van der Waals surface area contributed by atoms with Crippen LogP contribution in [0.1, 0.15) is 20.8 Å². The third-order valence-electron chi connectivity index (χ3n) is 3.76. The van der Waals surface area contributed by atoms with Crippen molar-refractivity contribution in [2.24, 2.45) is 0 Å². The molecule has 1 N–H and O–H groups in total. The minimum atomic E-state index is -0.748. The van der Waals surface area contributed by atoms with Crippen molar-refractivity contribution in [2.45, 2.75) is 26.4 Å². The molecule has 1 aromatic heterocycles. The number of esters is 1. The molecular formula is C22H20FNO7. The molecule has 162 valence electrons. The minimum Gasteiger partial charge on any atom is -0.460 e. The number of carbonyl (C=O) groups is 2. The van der Waals surface area contributed by atoms with Crippen molar-refractivity contribution in [1.82, 2.24) is 5.32 Å². The number of alkyl carbamates (subject to hydrolysis) is 1. The lowest BCUT2D eigenvalue weighted by atomic mass is 10.2. The summed E-state index contributed by atoms with van der Waals surface area (Å²) >= 11 is 0. The molecule has 0 aliphatic carbocycles. The second-order valence-corrected chi connectivity index (χ2v) is 7.47. The topological polar surface area (TPSA) is 104 Å². The second kappa shape index (κ2) is 8.86. The van der Waals surface area contributed by atoms with Gasteiger partial charge in [0.05, 0.1) is 5.39 Å². The van der Waals surface area contributed by atoms with Crippen molar-refractivity contribution in [2.75, 3.05) is 6.54 Å². The third-order valence-corrected chi connectivity index (χ3v) is 3.76. The van der Waals surface area contributed by atoms with Crippen molar-refractivity contribution in [1.29, 1.82) is 0 Å². The number of nitrogens with one attached hydrogen (secondary N) is 1. The van der Waals surface area contributed by atoms with Crippen LogP contribution in [0.3, 0.4) is 0 Å². The van der Waals surface area contributed by atoms with E-state index in [1.807, 2.05) is 0 Å². The van der Waals surface area contributed by atoms with Crippen LogP contribution in [0.4, 0.5) is 9.18 Å². The summed E-state index contributed by atoms with van der Waals surface area (Å²) in [6.07, 6.45) is 0.367. The molecule has 2 aromatic carbocycles. The van der Waals surface area contributed by atoms with E-state index in [-0.39, 0.29) is 28.2 Å². The van der Waals surface area contributed by atoms with Gasteiger partial charge in [-0.1, -0.05) is 0 Å². The Kier molecular flexibility index (Phi) is 6.24. The van der Waals surface area contributed by atoms with Gasteiger partial charge in [0.1, 0.15) is 41.3 Å². The van der Waals surface area contributed by atoms with Gasteiger partial charge < -0.3 is 23.9 Å². The molecule has 0 spiro atoms. The summed E-state index contributed by atoms with van der Waals surface area (Å²) < 4.78 is 34.0. The van der Waals surface area contributed by atoms with Crippen LogP contribution in [-0.4, -0.2) is 24.2 Å². The molecule has 0 aliphatic rings. The van der Waals surface area contributed by atoms with Crippen LogP contribution in [0, 0.1) is 5.82 Å². The van der Waals surface area contributed by atoms with Gasteiger partial charge in [-0.05, 0) is 57.2 Å². The molecule has 0 aliphatic heterocycles. The molecule has 0 saturated carbocycles. The van der Waals surface area contributed by atoms with Gasteiger partial charge >= 0.3 is 12.1 Å². The lowest BCUT2D eigenvalue weighted by Crippen LogP contribution is -2.36. The Morgan fingerprint density at radius 2 is 1.74 bits per heavy atom. The standard InChI is InChI=1S/C22H20FNO7/c1-22(2,3)31-21(27)24-11-19(25)30-15-8-9-16-17(10-15)28-12-18(20(16)26)29-14-6-4-13(23)5-7-14/h4-10,12H,11H2,1-3H3,(H,24,27). The molecule has 9 heteroatoms. The maximum atomic E-state index is 13.0. The van der Waals surface area contributed by atoms with Crippen molar-refractivity contribution in [3.63, 3.8) is 0 Å². The van der Waals surface area contributed by atoms with E-state index in [1.54, 1.807) is 20.8 Å². The van der Waals surface area contributed by atoms with Crippen LogP contribution in [-0.2, 0) is 9.53 Å². The van der Waals surface area contributed by atoms with E-state index in [0.29, 0.717) is 0 Å². The number of benzene rings is 2. The van der Waals surface area contributed by atoms with Gasteiger partial charge in [0.15, 0.2) is 0 Å². The van der Waals surface area contributed by atoms with Crippen LogP contribution in [0.25, 0.3) is 11.0 Å². The van der Waals surface area contributed by atoms with E-state index in [2.05, 4.69) is 5.32 Å². The number of rotatable bonds is 5. The SMILES string of the molecule is CC(C)(C)OC(=O)NCC(=O)Oc1ccc2c(=O)c(Oc3ccc(F)cc3)coc2c1. The smallest absolute Gasteiger partial charge is 0.408 e. The Balaban J connectivity index is 1.67. The lowest BCUT2D eigenvalue weighted by molar-refractivity contribution is -0.133. The zero-order chi connectivity index (χ0) is 22.6. The van der Waals surface area contributed by atoms with Crippen LogP contribution in [0.15, 0.2) is 57.9 Å². The highest BCUT2D eigenvalue weighted by atomic mass is 19.1. The molecule has 0 fully saturated rings. The summed E-state index contributed by atoms with van der Waals surface area (Å²) in [7, 11) is 0. The molecule has 0 saturated heterocycles. The average Bonchev–Trinajstić information content (AvgIpc) is 2.69. The van der Waals surface area contributed by atoms with Gasteiger partial charge in [-0.3, -0.25) is 4.79 Å². The second-order valence-electron chi connectivity index (χ2n) is 7.47. The molecule has 8 nitrogen and oxygen atoms in total. The normalized spacial score (nSPS) is 11.1. The molecule has 0 bridgehead atoms. The van der Waals surface area contributed by atoms with Crippen molar-refractivity contribution in [3.8, 4) is 17.2 Å². The van der Waals surface area contributed by atoms with Gasteiger partial charge in [0.2, 0.25) is 11.2 Å². The third kappa shape index (κ3) is 6.05. The first-order valence-corrected chi connectivity index (χ1v) is 9.27. The Morgan fingerprint density at radius 1 is 1.06 bits per heavy atom. The van der Waals surface area contributed by atoms with Crippen LogP contribution >= 0.6 is 0 Å². The van der Waals surface area contributed by atoms with Crippen molar-refractivity contribution >= 4 is 23.0 Å². The molecule has 0 radical (unpaired) electrons. The van der Waals surface area contributed by atoms with Crippen molar-refractivity contribution in [3.05, 3.63) is 64.8 Å². The van der Waals surface area contributed by atoms with E-state index in [0.717, 1.165) is 6.26 Å². The van der Waals surface area contributed by atoms with Gasteiger partial charge in [0, 0.05) is 6.07 Å². The first-order chi connectivity index (χ1) is 14.6. The Labute approximate surface area is 176 Å². The fourth-order valence-electron chi connectivity index (χ4n) is 2.48. The summed E-state index contributed by atoms with van der Waals surface area (Å²) in [5.74, 6) is -0.842. The summed E-state index contributed by atoms with van der Waals surface area (Å²) in [5.41, 5.74) is -0.972. The monoisotopic (exact) mass is 429 g/mol. The fourth-order valence-corrected chi connectivity index (χ4v) is 2.48. The quantitative estimate of drug-likeness (QED) is 0.480. The van der Waals surface area contributed by atoms with Crippen LogP contribution in [0.5, 0.6) is 17.2 Å². The number of halogens is 1. The van der Waals surface area contributed by atoms with Crippen LogP contribution in [0.2, 0.25) is 0 Å². The first kappa shape index (κ1) is 21.8. The van der Waals surface area contributed by atoms with Gasteiger partial charge in [-0.15, -0.1) is 0 Å². The largest absolute Gasteiger partial charge is 0.460 e. The fraction of sp³-hybridized carbons (Fsp3) is 0.227.